The van der Waals surface area contributed by atoms with Crippen LogP contribution in [-0.2, 0) is 6.54 Å². The number of benzene rings is 1. The highest BCUT2D eigenvalue weighted by atomic mass is 16.6. The van der Waals surface area contributed by atoms with Crippen molar-refractivity contribution in [3.63, 3.8) is 0 Å². The fraction of sp³-hybridized carbons (Fsp3) is 0.429. The number of hydrogen-bond acceptors (Lipinski definition) is 5. The highest BCUT2D eigenvalue weighted by Gasteiger charge is 2.26. The zero-order valence-corrected chi connectivity index (χ0v) is 17.5. The lowest BCUT2D eigenvalue weighted by atomic mass is 9.90. The molecule has 0 unspecified atom stereocenters. The van der Waals surface area contributed by atoms with E-state index in [0.29, 0.717) is 40.6 Å². The van der Waals surface area contributed by atoms with Crippen LogP contribution < -0.4 is 4.74 Å². The van der Waals surface area contributed by atoms with E-state index < -0.39 is 4.92 Å². The molecular formula is C21H27N3O4. The van der Waals surface area contributed by atoms with Crippen molar-refractivity contribution in [3.05, 3.63) is 56.3 Å². The van der Waals surface area contributed by atoms with Crippen LogP contribution in [0, 0.1) is 23.0 Å². The average molecular weight is 385 g/mol. The Morgan fingerprint density at radius 3 is 2.39 bits per heavy atom. The van der Waals surface area contributed by atoms with Gasteiger partial charge in [0.1, 0.15) is 5.56 Å². The fourth-order valence-electron chi connectivity index (χ4n) is 3.19. The van der Waals surface area contributed by atoms with Crippen LogP contribution in [-0.4, -0.2) is 27.6 Å². The third-order valence-corrected chi connectivity index (χ3v) is 4.78. The first-order valence-electron chi connectivity index (χ1n) is 9.17. The van der Waals surface area contributed by atoms with Crippen molar-refractivity contribution in [2.45, 2.75) is 48.1 Å². The van der Waals surface area contributed by atoms with Gasteiger partial charge >= 0.3 is 0 Å². The van der Waals surface area contributed by atoms with Crippen molar-refractivity contribution in [1.29, 1.82) is 0 Å². The third kappa shape index (κ3) is 3.98. The number of allylic oxidation sites excluding steroid dienone is 2. The Labute approximate surface area is 165 Å². The van der Waals surface area contributed by atoms with Crippen LogP contribution >= 0.6 is 0 Å². The van der Waals surface area contributed by atoms with E-state index in [1.54, 1.807) is 11.6 Å². The molecule has 0 N–H and O–H groups in total. The summed E-state index contributed by atoms with van der Waals surface area (Å²) in [5, 5.41) is 15.8. The molecule has 0 atom stereocenters. The first kappa shape index (κ1) is 21.3. The molecule has 0 radical (unpaired) electrons. The van der Waals surface area contributed by atoms with E-state index in [9.17, 15) is 14.9 Å². The molecule has 150 valence electrons. The number of ketones is 1. The largest absolute Gasteiger partial charge is 0.481 e. The van der Waals surface area contributed by atoms with Crippen LogP contribution in [0.4, 0.5) is 5.69 Å². The van der Waals surface area contributed by atoms with Gasteiger partial charge < -0.3 is 4.74 Å². The lowest BCUT2D eigenvalue weighted by molar-refractivity contribution is -0.385. The zero-order valence-electron chi connectivity index (χ0n) is 17.5. The van der Waals surface area contributed by atoms with Crippen LogP contribution in [0.15, 0.2) is 23.9 Å². The Bertz CT molecular complexity index is 951. The minimum absolute atomic E-state index is 0.00443. The minimum Gasteiger partial charge on any atom is -0.481 e. The van der Waals surface area contributed by atoms with E-state index in [0.717, 1.165) is 11.1 Å². The van der Waals surface area contributed by atoms with Gasteiger partial charge in [-0.2, -0.15) is 5.10 Å². The van der Waals surface area contributed by atoms with Gasteiger partial charge in [-0.25, -0.2) is 4.68 Å². The Balaban J connectivity index is 2.65. The molecule has 0 bridgehead atoms. The summed E-state index contributed by atoms with van der Waals surface area (Å²) in [7, 11) is 1.51. The molecule has 1 aromatic carbocycles. The first-order chi connectivity index (χ1) is 13.1. The van der Waals surface area contributed by atoms with Crippen molar-refractivity contribution in [3.8, 4) is 5.88 Å². The highest BCUT2D eigenvalue weighted by molar-refractivity contribution is 6.12. The number of methoxy groups -OCH3 is 1. The first-order valence-corrected chi connectivity index (χ1v) is 9.17. The van der Waals surface area contributed by atoms with Crippen molar-refractivity contribution < 1.29 is 14.5 Å². The molecule has 2 aromatic rings. The van der Waals surface area contributed by atoms with Gasteiger partial charge in [-0.05, 0) is 50.8 Å². The van der Waals surface area contributed by atoms with Gasteiger partial charge in [0.15, 0.2) is 5.78 Å². The number of nitro benzene ring substituents is 1. The number of nitrogens with zero attached hydrogens (tertiary/aromatic N) is 3. The minimum atomic E-state index is -0.412. The van der Waals surface area contributed by atoms with Crippen LogP contribution in [0.2, 0.25) is 0 Å². The van der Waals surface area contributed by atoms with Gasteiger partial charge in [0.2, 0.25) is 5.88 Å². The molecule has 7 nitrogen and oxygen atoms in total. The molecule has 0 fully saturated rings. The van der Waals surface area contributed by atoms with E-state index >= 15 is 0 Å². The molecule has 0 saturated carbocycles. The van der Waals surface area contributed by atoms with Gasteiger partial charge in [0.05, 0.1) is 23.8 Å². The SMILES string of the molecule is COc1c(C(=O)c2ccc([N+](=O)[O-])c(C(C)=C(C)C)c2C)cnn1CC(C)C. The zero-order chi connectivity index (χ0) is 21.2. The molecule has 0 aliphatic carbocycles. The van der Waals surface area contributed by atoms with Gasteiger partial charge in [0.25, 0.3) is 5.69 Å². The maximum atomic E-state index is 13.3. The summed E-state index contributed by atoms with van der Waals surface area (Å²) >= 11 is 0. The Kier molecular flexibility index (Phi) is 6.38. The summed E-state index contributed by atoms with van der Waals surface area (Å²) in [6, 6.07) is 2.91. The molecule has 0 spiro atoms. The van der Waals surface area contributed by atoms with Crippen molar-refractivity contribution in [2.75, 3.05) is 7.11 Å². The Hall–Kier alpha value is -2.96. The maximum Gasteiger partial charge on any atom is 0.277 e. The topological polar surface area (TPSA) is 87.3 Å². The van der Waals surface area contributed by atoms with Gasteiger partial charge in [0, 0.05) is 18.2 Å². The quantitative estimate of drug-likeness (QED) is 0.388. The smallest absolute Gasteiger partial charge is 0.277 e. The molecule has 0 amide bonds. The predicted octanol–water partition coefficient (Wildman–Crippen LogP) is 4.81. The summed E-state index contributed by atoms with van der Waals surface area (Å²) < 4.78 is 7.11. The lowest BCUT2D eigenvalue weighted by Gasteiger charge is -2.14. The molecule has 0 saturated heterocycles. The van der Waals surface area contributed by atoms with Crippen LogP contribution in [0.1, 0.15) is 61.7 Å². The van der Waals surface area contributed by atoms with E-state index in [-0.39, 0.29) is 11.5 Å². The van der Waals surface area contributed by atoms with E-state index in [1.807, 2.05) is 20.8 Å². The second-order valence-corrected chi connectivity index (χ2v) is 7.49. The number of nitro groups is 1. The summed E-state index contributed by atoms with van der Waals surface area (Å²) in [6.45, 7) is 12.1. The number of rotatable bonds is 7. The second kappa shape index (κ2) is 8.37. The number of hydrogen-bond donors (Lipinski definition) is 0. The Morgan fingerprint density at radius 1 is 1.25 bits per heavy atom. The molecule has 0 aliphatic rings. The number of carbonyl (C=O) groups is 1. The lowest BCUT2D eigenvalue weighted by Crippen LogP contribution is -2.11. The van der Waals surface area contributed by atoms with Crippen molar-refractivity contribution in [1.82, 2.24) is 9.78 Å². The molecule has 1 aromatic heterocycles. The summed E-state index contributed by atoms with van der Waals surface area (Å²) in [4.78, 5) is 24.4. The van der Waals surface area contributed by atoms with Crippen LogP contribution in [0.3, 0.4) is 0 Å². The van der Waals surface area contributed by atoms with E-state index in [2.05, 4.69) is 18.9 Å². The number of carbonyl (C=O) groups excluding carboxylic acids is 1. The third-order valence-electron chi connectivity index (χ3n) is 4.78. The Morgan fingerprint density at radius 2 is 1.89 bits per heavy atom. The predicted molar refractivity (Wildman–Crippen MR) is 109 cm³/mol. The number of ether oxygens (including phenoxy) is 1. The van der Waals surface area contributed by atoms with Crippen LogP contribution in [0.25, 0.3) is 5.57 Å². The number of aromatic nitrogens is 2. The average Bonchev–Trinajstić information content (AvgIpc) is 3.01. The summed E-state index contributed by atoms with van der Waals surface area (Å²) in [5.74, 6) is 0.476. The second-order valence-electron chi connectivity index (χ2n) is 7.49. The van der Waals surface area contributed by atoms with Gasteiger partial charge in [-0.1, -0.05) is 19.4 Å². The van der Waals surface area contributed by atoms with E-state index in [4.69, 9.17) is 4.74 Å². The van der Waals surface area contributed by atoms with Crippen molar-refractivity contribution in [2.24, 2.45) is 5.92 Å². The molecule has 2 rings (SSSR count). The molecule has 7 heteroatoms. The molecular weight excluding hydrogens is 358 g/mol. The molecule has 0 aliphatic heterocycles. The molecule has 28 heavy (non-hydrogen) atoms. The maximum absolute atomic E-state index is 13.3. The van der Waals surface area contributed by atoms with E-state index in [1.165, 1.54) is 25.4 Å². The monoisotopic (exact) mass is 385 g/mol. The highest BCUT2D eigenvalue weighted by Crippen LogP contribution is 2.34. The normalized spacial score (nSPS) is 10.9. The standard InChI is InChI=1S/C21H27N3O4/c1-12(2)11-23-21(28-7)17(10-22-23)20(25)16-8-9-18(24(26)27)19(15(16)6)14(5)13(3)4/h8-10,12H,11H2,1-7H3. The van der Waals surface area contributed by atoms with Gasteiger partial charge in [-0.15, -0.1) is 0 Å². The summed E-state index contributed by atoms with van der Waals surface area (Å²) in [5.41, 5.74) is 3.57. The fourth-order valence-corrected chi connectivity index (χ4v) is 3.19. The van der Waals surface area contributed by atoms with Crippen molar-refractivity contribution >= 4 is 17.0 Å². The molecule has 1 heterocycles. The van der Waals surface area contributed by atoms with Gasteiger partial charge in [-0.3, -0.25) is 14.9 Å². The van der Waals surface area contributed by atoms with Crippen LogP contribution in [0.5, 0.6) is 5.88 Å². The summed E-state index contributed by atoms with van der Waals surface area (Å²) in [6.07, 6.45) is 1.50.